The van der Waals surface area contributed by atoms with Crippen LogP contribution in [0.4, 0.5) is 10.5 Å². The number of rotatable bonds is 15. The van der Waals surface area contributed by atoms with E-state index in [4.69, 9.17) is 28.0 Å². The molecule has 3 heterocycles. The molecule has 306 valence electrons. The molecule has 59 heavy (non-hydrogen) atoms. The zero-order chi connectivity index (χ0) is 41.7. The molecule has 4 aromatic rings. The summed E-state index contributed by atoms with van der Waals surface area (Å²) in [5, 5.41) is 14.3. The molecule has 7 atom stereocenters. The fourth-order valence-corrected chi connectivity index (χ4v) is 8.26. The second-order valence-electron chi connectivity index (χ2n) is 12.9. The van der Waals surface area contributed by atoms with Gasteiger partial charge in [-0.1, -0.05) is 78.9 Å². The van der Waals surface area contributed by atoms with Gasteiger partial charge in [0.05, 0.1) is 34.8 Å². The van der Waals surface area contributed by atoms with E-state index in [0.717, 1.165) is 4.90 Å². The normalized spacial score (nSPS) is 23.0. The van der Waals surface area contributed by atoms with E-state index >= 15 is 0 Å². The number of fused-ring (bicyclic) bond motifs is 1. The molecule has 21 heteroatoms. The van der Waals surface area contributed by atoms with Crippen LogP contribution in [0.3, 0.4) is 0 Å². The molecule has 0 saturated carbocycles. The first kappa shape index (κ1) is 41.2. The van der Waals surface area contributed by atoms with Crippen LogP contribution in [-0.2, 0) is 48.0 Å². The van der Waals surface area contributed by atoms with Crippen molar-refractivity contribution in [3.05, 3.63) is 165 Å². The number of amides is 2. The van der Waals surface area contributed by atoms with Gasteiger partial charge in [0.15, 0.2) is 18.4 Å². The first-order valence-corrected chi connectivity index (χ1v) is 20.6. The molecule has 2 amide bonds. The molecule has 19 nitrogen and oxygen atoms in total. The molecule has 5 unspecified atom stereocenters. The number of carbonyl (C=O) groups excluding carboxylic acids is 3. The van der Waals surface area contributed by atoms with Crippen molar-refractivity contribution < 1.29 is 70.5 Å². The summed E-state index contributed by atoms with van der Waals surface area (Å²) in [7, 11) is -10.7. The van der Waals surface area contributed by atoms with E-state index in [-0.39, 0.29) is 33.7 Å². The highest BCUT2D eigenvalue weighted by Crippen LogP contribution is 2.61. The van der Waals surface area contributed by atoms with Gasteiger partial charge in [-0.2, -0.15) is 4.31 Å². The van der Waals surface area contributed by atoms with Crippen LogP contribution in [0.5, 0.6) is 0 Å². The van der Waals surface area contributed by atoms with Crippen LogP contribution >= 0.6 is 15.6 Å². The van der Waals surface area contributed by atoms with Crippen molar-refractivity contribution in [2.45, 2.75) is 37.4 Å². The van der Waals surface area contributed by atoms with Gasteiger partial charge in [0.2, 0.25) is 6.23 Å². The van der Waals surface area contributed by atoms with Gasteiger partial charge in [-0.15, -0.1) is 0 Å². The van der Waals surface area contributed by atoms with Crippen molar-refractivity contribution in [1.29, 1.82) is 0 Å². The molecule has 3 N–H and O–H groups in total. The number of nitro groups is 1. The van der Waals surface area contributed by atoms with Crippen molar-refractivity contribution in [1.82, 2.24) is 10.2 Å². The van der Waals surface area contributed by atoms with Crippen LogP contribution in [0.15, 0.2) is 133 Å². The summed E-state index contributed by atoms with van der Waals surface area (Å²) in [6.07, 6.45) is -5.04. The Labute approximate surface area is 334 Å². The topological polar surface area (TPSA) is 249 Å². The maximum Gasteiger partial charge on any atom is 0.481 e. The van der Waals surface area contributed by atoms with Crippen LogP contribution in [0.1, 0.15) is 31.8 Å². The van der Waals surface area contributed by atoms with Crippen molar-refractivity contribution >= 4 is 45.1 Å². The Hall–Kier alpha value is -6.01. The highest BCUT2D eigenvalue weighted by molar-refractivity contribution is 7.61. The van der Waals surface area contributed by atoms with E-state index in [1.807, 2.05) is 0 Å². The van der Waals surface area contributed by atoms with Gasteiger partial charge in [-0.3, -0.25) is 29.4 Å². The third-order valence-corrected chi connectivity index (χ3v) is 11.5. The minimum atomic E-state index is -5.47. The number of hydrogen-bond donors (Lipinski definition) is 3. The van der Waals surface area contributed by atoms with Gasteiger partial charge in [0, 0.05) is 17.8 Å². The van der Waals surface area contributed by atoms with Crippen LogP contribution in [-0.4, -0.2) is 75.0 Å². The smallest absolute Gasteiger partial charge is 0.465 e. The number of nitro benzene ring substituents is 1. The largest absolute Gasteiger partial charge is 0.481 e. The predicted molar refractivity (Wildman–Crippen MR) is 202 cm³/mol. The minimum Gasteiger partial charge on any atom is -0.465 e. The van der Waals surface area contributed by atoms with Crippen molar-refractivity contribution in [2.24, 2.45) is 0 Å². The Kier molecular flexibility index (Phi) is 12.2. The molecular formula is C38H33N3O16P2. The zero-order valence-corrected chi connectivity index (χ0v) is 32.1. The average Bonchev–Trinajstić information content (AvgIpc) is 3.79. The predicted octanol–water partition coefficient (Wildman–Crippen LogP) is 5.83. The third kappa shape index (κ3) is 9.83. The Morgan fingerprint density at radius 2 is 1.36 bits per heavy atom. The van der Waals surface area contributed by atoms with Gasteiger partial charge in [-0.25, -0.2) is 23.5 Å². The van der Waals surface area contributed by atoms with Crippen molar-refractivity contribution in [3.63, 3.8) is 0 Å². The van der Waals surface area contributed by atoms with Gasteiger partial charge in [0.25, 0.3) is 5.69 Å². The Morgan fingerprint density at radius 1 is 0.797 bits per heavy atom. The van der Waals surface area contributed by atoms with E-state index in [0.29, 0.717) is 5.56 Å². The van der Waals surface area contributed by atoms with Gasteiger partial charge in [0.1, 0.15) is 11.9 Å². The van der Waals surface area contributed by atoms with Crippen molar-refractivity contribution in [3.8, 4) is 0 Å². The molecule has 1 saturated heterocycles. The third-order valence-electron chi connectivity index (χ3n) is 8.90. The van der Waals surface area contributed by atoms with Gasteiger partial charge >= 0.3 is 33.6 Å². The molecule has 1 fully saturated rings. The number of carbonyl (C=O) groups is 3. The number of phosphoric ester groups is 2. The van der Waals surface area contributed by atoms with E-state index in [2.05, 4.69) is 9.63 Å². The maximum atomic E-state index is 13.8. The Morgan fingerprint density at radius 3 is 1.98 bits per heavy atom. The number of esters is 2. The van der Waals surface area contributed by atoms with E-state index in [9.17, 15) is 43.4 Å². The average molecular weight is 850 g/mol. The lowest BCUT2D eigenvalue weighted by Gasteiger charge is -2.34. The van der Waals surface area contributed by atoms with Crippen molar-refractivity contribution in [2.75, 3.05) is 6.61 Å². The Bertz CT molecular complexity index is 2380. The molecule has 7 rings (SSSR count). The van der Waals surface area contributed by atoms with Crippen LogP contribution in [0.2, 0.25) is 0 Å². The van der Waals surface area contributed by atoms with Crippen LogP contribution in [0.25, 0.3) is 5.76 Å². The second-order valence-corrected chi connectivity index (χ2v) is 15.9. The lowest BCUT2D eigenvalue weighted by molar-refractivity contribution is -0.385. The fraction of sp³-hybridized carbons (Fsp3) is 0.184. The Balaban J connectivity index is 1.20. The molecule has 4 aromatic carbocycles. The van der Waals surface area contributed by atoms with Gasteiger partial charge in [-0.05, 0) is 42.0 Å². The number of para-hydroxylation sites is 1. The van der Waals surface area contributed by atoms with Crippen LogP contribution < -0.4 is 5.32 Å². The molecule has 0 aromatic heterocycles. The zero-order valence-electron chi connectivity index (χ0n) is 30.3. The molecule has 0 aliphatic carbocycles. The molecule has 0 spiro atoms. The molecular weight excluding hydrogens is 816 g/mol. The maximum absolute atomic E-state index is 13.8. The number of urea groups is 1. The summed E-state index contributed by atoms with van der Waals surface area (Å²) < 4.78 is 63.9. The summed E-state index contributed by atoms with van der Waals surface area (Å²) in [4.78, 5) is 73.7. The second kappa shape index (κ2) is 17.5. The quantitative estimate of drug-likeness (QED) is 0.0551. The lowest BCUT2D eigenvalue weighted by Crippen LogP contribution is -2.55. The van der Waals surface area contributed by atoms with E-state index in [1.54, 1.807) is 72.8 Å². The summed E-state index contributed by atoms with van der Waals surface area (Å²) in [5.41, 5.74) is 0.694. The minimum absolute atomic E-state index is 0.0492. The highest BCUT2D eigenvalue weighted by Gasteiger charge is 2.55. The summed E-state index contributed by atoms with van der Waals surface area (Å²) >= 11 is 0. The number of nitrogens with one attached hydrogen (secondary N) is 1. The number of nitrogens with zero attached hydrogens (tertiary/aromatic N) is 2. The molecule has 3 aliphatic rings. The standard InChI is InChI=1S/C38H33N3O16P2/c42-36(25-14-6-2-7-15-25)55-32-31(23-52-59(49,50)57-58(47,48)51-22-24-12-4-1-5-13-24)54-35(33(32)56-37(43)26-16-8-3-9-17-26)40-21-27-20-30(53-34(27)39-38(40)44)28-18-10-11-19-29(28)41(45)46/h1-21,31-35H,22-23H2,(H,39,44)(H,47,48)(H,49,50)/t31-,32?,33?,34?,35-/m1/s1. The summed E-state index contributed by atoms with van der Waals surface area (Å²) in [5.74, 6) is -1.83. The summed E-state index contributed by atoms with van der Waals surface area (Å²) in [6, 6.07) is 28.3. The SMILES string of the molecule is O=C(OC1C(OC(=O)c2ccccc2)[C@@H](COP(=O)(O)OP(=O)(O)OCc2ccccc2)O[C@H]1N1C=C2C=C(c3ccccc3[N+](=O)[O-])OC2NC1=O)c1ccccc1. The van der Waals surface area contributed by atoms with E-state index < -0.39 is 82.5 Å². The molecule has 0 radical (unpaired) electrons. The van der Waals surface area contributed by atoms with Crippen LogP contribution in [0, 0.1) is 10.1 Å². The first-order chi connectivity index (χ1) is 28.3. The number of hydrogen-bond acceptors (Lipinski definition) is 14. The number of ether oxygens (including phenoxy) is 4. The van der Waals surface area contributed by atoms with Gasteiger partial charge < -0.3 is 28.7 Å². The lowest BCUT2D eigenvalue weighted by atomic mass is 10.1. The fourth-order valence-electron chi connectivity index (χ4n) is 6.19. The number of phosphoric acid groups is 2. The first-order valence-electron chi connectivity index (χ1n) is 17.6. The number of benzene rings is 4. The van der Waals surface area contributed by atoms with E-state index in [1.165, 1.54) is 54.7 Å². The summed E-state index contributed by atoms with van der Waals surface area (Å²) in [6.45, 7) is -1.47. The highest BCUT2D eigenvalue weighted by atomic mass is 31.3. The monoisotopic (exact) mass is 849 g/mol. The molecule has 3 aliphatic heterocycles. The molecule has 0 bridgehead atoms.